The van der Waals surface area contributed by atoms with Gasteiger partial charge in [-0.1, -0.05) is 42.5 Å². The fraction of sp³-hybridized carbons (Fsp3) is 0.381. The van der Waals surface area contributed by atoms with Crippen molar-refractivity contribution in [2.75, 3.05) is 5.32 Å². The van der Waals surface area contributed by atoms with Gasteiger partial charge in [-0.2, -0.15) is 0 Å². The first kappa shape index (κ1) is 16.2. The average molecular weight is 336 g/mol. The van der Waals surface area contributed by atoms with E-state index in [-0.39, 0.29) is 18.2 Å². The van der Waals surface area contributed by atoms with Gasteiger partial charge in [-0.05, 0) is 54.4 Å². The molecule has 0 aromatic heterocycles. The van der Waals surface area contributed by atoms with Crippen molar-refractivity contribution >= 4 is 11.7 Å². The summed E-state index contributed by atoms with van der Waals surface area (Å²) in [6.07, 6.45) is 4.07. The maximum atomic E-state index is 12.4. The predicted octanol–water partition coefficient (Wildman–Crippen LogP) is 3.60. The number of aliphatic hydroxyl groups excluding tert-OH is 1. The first-order chi connectivity index (χ1) is 12.2. The summed E-state index contributed by atoms with van der Waals surface area (Å²) in [7, 11) is 0. The highest BCUT2D eigenvalue weighted by Crippen LogP contribution is 2.34. The number of benzene rings is 2. The Bertz CT molecular complexity index is 760. The summed E-state index contributed by atoms with van der Waals surface area (Å²) in [4.78, 5) is 12.4. The molecule has 2 aromatic carbocycles. The third-order valence-corrected chi connectivity index (χ3v) is 5.46. The summed E-state index contributed by atoms with van der Waals surface area (Å²) in [5.74, 6) is 0.530. The second-order valence-corrected chi connectivity index (χ2v) is 7.22. The van der Waals surface area contributed by atoms with Gasteiger partial charge in [-0.25, -0.2) is 4.79 Å². The van der Waals surface area contributed by atoms with Crippen molar-refractivity contribution in [3.63, 3.8) is 0 Å². The van der Waals surface area contributed by atoms with E-state index in [1.54, 1.807) is 0 Å². The van der Waals surface area contributed by atoms with Gasteiger partial charge in [-0.15, -0.1) is 0 Å². The first-order valence-electron chi connectivity index (χ1n) is 9.10. The molecule has 4 rings (SSSR count). The van der Waals surface area contributed by atoms with E-state index in [9.17, 15) is 9.90 Å². The highest BCUT2D eigenvalue weighted by atomic mass is 16.3. The monoisotopic (exact) mass is 336 g/mol. The molecule has 2 aliphatic carbocycles. The van der Waals surface area contributed by atoms with Crippen LogP contribution >= 0.6 is 0 Å². The van der Waals surface area contributed by atoms with Crippen LogP contribution in [0.15, 0.2) is 48.5 Å². The van der Waals surface area contributed by atoms with Crippen LogP contribution in [-0.4, -0.2) is 23.3 Å². The van der Waals surface area contributed by atoms with Gasteiger partial charge >= 0.3 is 6.03 Å². The molecule has 0 bridgehead atoms. The first-order valence-corrected chi connectivity index (χ1v) is 9.10. The Kier molecular flexibility index (Phi) is 4.45. The number of carbonyl (C=O) groups excluding carboxylic acids is 1. The smallest absolute Gasteiger partial charge is 0.319 e. The molecular formula is C21H24N2O2. The van der Waals surface area contributed by atoms with Gasteiger partial charge in [0.1, 0.15) is 0 Å². The van der Waals surface area contributed by atoms with Crippen molar-refractivity contribution < 1.29 is 9.90 Å². The van der Waals surface area contributed by atoms with Gasteiger partial charge in [-0.3, -0.25) is 0 Å². The van der Waals surface area contributed by atoms with Gasteiger partial charge in [0.25, 0.3) is 0 Å². The molecule has 25 heavy (non-hydrogen) atoms. The highest BCUT2D eigenvalue weighted by molar-refractivity contribution is 5.90. The maximum Gasteiger partial charge on any atom is 0.319 e. The molecule has 4 heteroatoms. The van der Waals surface area contributed by atoms with Gasteiger partial charge in [0.15, 0.2) is 0 Å². The summed E-state index contributed by atoms with van der Waals surface area (Å²) in [6.45, 7) is 0. The molecule has 0 saturated heterocycles. The van der Waals surface area contributed by atoms with Crippen LogP contribution in [0.4, 0.5) is 10.5 Å². The fourth-order valence-corrected chi connectivity index (χ4v) is 4.23. The molecule has 3 atom stereocenters. The van der Waals surface area contributed by atoms with E-state index in [2.05, 4.69) is 34.9 Å². The third kappa shape index (κ3) is 3.54. The molecule has 1 saturated carbocycles. The minimum Gasteiger partial charge on any atom is -0.392 e. The maximum absolute atomic E-state index is 12.4. The van der Waals surface area contributed by atoms with E-state index in [0.717, 1.165) is 36.1 Å². The van der Waals surface area contributed by atoms with Crippen LogP contribution in [-0.2, 0) is 12.8 Å². The molecule has 4 nitrogen and oxygen atoms in total. The molecule has 2 aliphatic rings. The summed E-state index contributed by atoms with van der Waals surface area (Å²) >= 11 is 0. The zero-order chi connectivity index (χ0) is 17.2. The predicted molar refractivity (Wildman–Crippen MR) is 98.8 cm³/mol. The number of anilines is 1. The van der Waals surface area contributed by atoms with E-state index in [1.165, 1.54) is 5.56 Å². The molecule has 0 radical (unpaired) electrons. The van der Waals surface area contributed by atoms with Crippen LogP contribution in [0.2, 0.25) is 0 Å². The lowest BCUT2D eigenvalue weighted by Crippen LogP contribution is -2.36. The number of nitrogens with one attached hydrogen (secondary N) is 2. The Morgan fingerprint density at radius 3 is 2.68 bits per heavy atom. The van der Waals surface area contributed by atoms with Crippen LogP contribution in [0, 0.1) is 0 Å². The standard InChI is InChI=1S/C21H24N2O2/c24-18-12-16-7-4-8-20(19(16)13-18)23-21(25)22-17-10-9-15(11-17)14-5-2-1-3-6-14/h1-8,15,17-18,24H,9-13H2,(H2,22,23,25)/t15-,17+,18-/m0/s1. The Labute approximate surface area is 148 Å². The molecule has 2 aromatic rings. The number of fused-ring (bicyclic) bond motifs is 1. The lowest BCUT2D eigenvalue weighted by atomic mass is 9.98. The zero-order valence-electron chi connectivity index (χ0n) is 14.2. The van der Waals surface area contributed by atoms with E-state index in [4.69, 9.17) is 0 Å². The van der Waals surface area contributed by atoms with Crippen molar-refractivity contribution in [1.82, 2.24) is 5.32 Å². The minimum absolute atomic E-state index is 0.145. The van der Waals surface area contributed by atoms with Gasteiger partial charge in [0.05, 0.1) is 6.10 Å². The second kappa shape index (κ2) is 6.89. The van der Waals surface area contributed by atoms with Crippen LogP contribution in [0.3, 0.4) is 0 Å². The Morgan fingerprint density at radius 1 is 1.00 bits per heavy atom. The van der Waals surface area contributed by atoms with Crippen molar-refractivity contribution in [2.45, 2.75) is 50.2 Å². The number of aliphatic hydroxyl groups is 1. The van der Waals surface area contributed by atoms with E-state index in [1.807, 2.05) is 24.3 Å². The van der Waals surface area contributed by atoms with Crippen LogP contribution in [0.1, 0.15) is 41.9 Å². The molecule has 1 fully saturated rings. The lowest BCUT2D eigenvalue weighted by Gasteiger charge is -2.16. The number of carbonyl (C=O) groups is 1. The molecule has 0 heterocycles. The average Bonchev–Trinajstić information content (AvgIpc) is 3.22. The van der Waals surface area contributed by atoms with Gasteiger partial charge < -0.3 is 15.7 Å². The van der Waals surface area contributed by atoms with E-state index in [0.29, 0.717) is 18.8 Å². The topological polar surface area (TPSA) is 61.4 Å². The van der Waals surface area contributed by atoms with Gasteiger partial charge in [0, 0.05) is 18.2 Å². The second-order valence-electron chi connectivity index (χ2n) is 7.22. The van der Waals surface area contributed by atoms with Crippen LogP contribution in [0.5, 0.6) is 0 Å². The summed E-state index contributed by atoms with van der Waals surface area (Å²) in [5, 5.41) is 15.9. The van der Waals surface area contributed by atoms with Crippen LogP contribution in [0.25, 0.3) is 0 Å². The third-order valence-electron chi connectivity index (χ3n) is 5.46. The quantitative estimate of drug-likeness (QED) is 0.802. The van der Waals surface area contributed by atoms with Crippen molar-refractivity contribution in [3.8, 4) is 0 Å². The van der Waals surface area contributed by atoms with Gasteiger partial charge in [0.2, 0.25) is 0 Å². The Balaban J connectivity index is 1.36. The molecular weight excluding hydrogens is 312 g/mol. The molecule has 2 amide bonds. The SMILES string of the molecule is O=C(Nc1cccc2c1C[C@@H](O)C2)N[C@@H]1CC[C@H](c2ccccc2)C1. The summed E-state index contributed by atoms with van der Waals surface area (Å²) in [6, 6.07) is 16.5. The number of hydrogen-bond donors (Lipinski definition) is 3. The highest BCUT2D eigenvalue weighted by Gasteiger charge is 2.27. The minimum atomic E-state index is -0.331. The van der Waals surface area contributed by atoms with E-state index < -0.39 is 0 Å². The van der Waals surface area contributed by atoms with E-state index >= 15 is 0 Å². The number of amides is 2. The van der Waals surface area contributed by atoms with Crippen molar-refractivity contribution in [3.05, 3.63) is 65.2 Å². The number of hydrogen-bond acceptors (Lipinski definition) is 2. The number of urea groups is 1. The normalized spacial score (nSPS) is 24.8. The Morgan fingerprint density at radius 2 is 1.84 bits per heavy atom. The van der Waals surface area contributed by atoms with Crippen LogP contribution < -0.4 is 10.6 Å². The molecule has 0 spiro atoms. The van der Waals surface area contributed by atoms with Crippen molar-refractivity contribution in [1.29, 1.82) is 0 Å². The fourth-order valence-electron chi connectivity index (χ4n) is 4.23. The lowest BCUT2D eigenvalue weighted by molar-refractivity contribution is 0.187. The number of rotatable bonds is 3. The molecule has 0 unspecified atom stereocenters. The largest absolute Gasteiger partial charge is 0.392 e. The summed E-state index contributed by atoms with van der Waals surface area (Å²) < 4.78 is 0. The molecule has 3 N–H and O–H groups in total. The van der Waals surface area contributed by atoms with Crippen molar-refractivity contribution in [2.24, 2.45) is 0 Å². The molecule has 0 aliphatic heterocycles. The Hall–Kier alpha value is -2.33. The zero-order valence-corrected chi connectivity index (χ0v) is 14.2. The molecule has 130 valence electrons. The summed E-state index contributed by atoms with van der Waals surface area (Å²) in [5.41, 5.74) is 4.39.